The molecular weight excluding hydrogens is 428 g/mol. The van der Waals surface area contributed by atoms with E-state index in [9.17, 15) is 18.0 Å². The summed E-state index contributed by atoms with van der Waals surface area (Å²) in [6.45, 7) is 0.430. The summed E-state index contributed by atoms with van der Waals surface area (Å²) in [4.78, 5) is 28.2. The number of carbonyl (C=O) groups excluding carboxylic acids is 2. The Hall–Kier alpha value is -3.72. The molecule has 1 aromatic heterocycles. The molecule has 1 saturated carbocycles. The van der Waals surface area contributed by atoms with Crippen molar-refractivity contribution in [3.63, 3.8) is 0 Å². The number of sulfonamides is 1. The molecule has 4 rings (SSSR count). The number of carbonyl (C=O) groups is 2. The molecule has 0 saturated heterocycles. The number of benzene rings is 2. The first-order valence-electron chi connectivity index (χ1n) is 10.1. The molecule has 0 radical (unpaired) electrons. The van der Waals surface area contributed by atoms with Crippen LogP contribution in [0.1, 0.15) is 28.8 Å². The van der Waals surface area contributed by atoms with Crippen LogP contribution in [0.5, 0.6) is 0 Å². The summed E-state index contributed by atoms with van der Waals surface area (Å²) in [5.74, 6) is 0.140. The van der Waals surface area contributed by atoms with Crippen molar-refractivity contribution in [3.05, 3.63) is 84.1 Å². The molecule has 2 amide bonds. The van der Waals surface area contributed by atoms with E-state index in [1.54, 1.807) is 42.5 Å². The SMILES string of the molecule is O=C(Nc1ccc(S(=O)(=O)Nc2ccccn2)cc1)c1ccc(CNC(=O)C2CC2)cc1. The van der Waals surface area contributed by atoms with Gasteiger partial charge in [-0.25, -0.2) is 13.4 Å². The zero-order valence-corrected chi connectivity index (χ0v) is 17.9. The standard InChI is InChI=1S/C23H22N4O4S/c28-22(17-8-9-17)25-15-16-4-6-18(7-5-16)23(29)26-19-10-12-20(13-11-19)32(30,31)27-21-3-1-2-14-24-21/h1-7,10-14,17H,8-9,15H2,(H,24,27)(H,25,28)(H,26,29). The van der Waals surface area contributed by atoms with Crippen molar-refractivity contribution >= 4 is 33.3 Å². The third kappa shape index (κ3) is 5.50. The first-order chi connectivity index (χ1) is 15.4. The molecule has 3 N–H and O–H groups in total. The molecule has 32 heavy (non-hydrogen) atoms. The maximum Gasteiger partial charge on any atom is 0.263 e. The zero-order chi connectivity index (χ0) is 22.6. The van der Waals surface area contributed by atoms with Gasteiger partial charge in [0.25, 0.3) is 15.9 Å². The van der Waals surface area contributed by atoms with E-state index in [0.717, 1.165) is 18.4 Å². The van der Waals surface area contributed by atoms with Crippen LogP contribution in [-0.4, -0.2) is 25.2 Å². The molecule has 2 aromatic carbocycles. The van der Waals surface area contributed by atoms with Gasteiger partial charge >= 0.3 is 0 Å². The normalized spacial score (nSPS) is 13.2. The molecule has 164 valence electrons. The molecule has 1 aliphatic rings. The fraction of sp³-hybridized carbons (Fsp3) is 0.174. The molecule has 0 atom stereocenters. The highest BCUT2D eigenvalue weighted by atomic mass is 32.2. The minimum atomic E-state index is -3.78. The van der Waals surface area contributed by atoms with Crippen LogP contribution in [0.25, 0.3) is 0 Å². The van der Waals surface area contributed by atoms with Crippen LogP contribution in [0.4, 0.5) is 11.5 Å². The van der Waals surface area contributed by atoms with Crippen molar-refractivity contribution in [3.8, 4) is 0 Å². The van der Waals surface area contributed by atoms with Gasteiger partial charge in [0.05, 0.1) is 4.90 Å². The second-order valence-electron chi connectivity index (χ2n) is 7.49. The molecule has 1 fully saturated rings. The van der Waals surface area contributed by atoms with Crippen molar-refractivity contribution in [2.24, 2.45) is 5.92 Å². The lowest BCUT2D eigenvalue weighted by Gasteiger charge is -2.09. The molecule has 0 unspecified atom stereocenters. The zero-order valence-electron chi connectivity index (χ0n) is 17.1. The van der Waals surface area contributed by atoms with E-state index in [1.807, 2.05) is 0 Å². The maximum absolute atomic E-state index is 12.5. The molecule has 9 heteroatoms. The Kier molecular flexibility index (Phi) is 6.18. The van der Waals surface area contributed by atoms with Gasteiger partial charge in [0, 0.05) is 29.9 Å². The van der Waals surface area contributed by atoms with E-state index >= 15 is 0 Å². The lowest BCUT2D eigenvalue weighted by molar-refractivity contribution is -0.122. The summed E-state index contributed by atoms with van der Waals surface area (Å²) in [6.07, 6.45) is 3.41. The summed E-state index contributed by atoms with van der Waals surface area (Å²) in [5, 5.41) is 5.63. The number of nitrogens with zero attached hydrogens (tertiary/aromatic N) is 1. The first-order valence-corrected chi connectivity index (χ1v) is 11.6. The Morgan fingerprint density at radius 2 is 1.66 bits per heavy atom. The Morgan fingerprint density at radius 1 is 0.938 bits per heavy atom. The van der Waals surface area contributed by atoms with Gasteiger partial charge in [0.2, 0.25) is 5.91 Å². The van der Waals surface area contributed by atoms with Gasteiger partial charge in [-0.05, 0) is 66.9 Å². The second-order valence-corrected chi connectivity index (χ2v) is 9.17. The largest absolute Gasteiger partial charge is 0.352 e. The van der Waals surface area contributed by atoms with E-state index in [1.165, 1.54) is 30.5 Å². The predicted molar refractivity (Wildman–Crippen MR) is 120 cm³/mol. The third-order valence-electron chi connectivity index (χ3n) is 4.96. The fourth-order valence-electron chi connectivity index (χ4n) is 2.99. The topological polar surface area (TPSA) is 117 Å². The summed E-state index contributed by atoms with van der Waals surface area (Å²) < 4.78 is 27.3. The first kappa shape index (κ1) is 21.5. The number of anilines is 2. The number of rotatable bonds is 8. The average Bonchev–Trinajstić information content (AvgIpc) is 3.64. The minimum Gasteiger partial charge on any atom is -0.352 e. The van der Waals surface area contributed by atoms with Gasteiger partial charge in [-0.15, -0.1) is 0 Å². The Bertz CT molecular complexity index is 1210. The van der Waals surface area contributed by atoms with E-state index in [0.29, 0.717) is 17.8 Å². The van der Waals surface area contributed by atoms with Gasteiger partial charge in [-0.1, -0.05) is 18.2 Å². The molecule has 0 aliphatic heterocycles. The van der Waals surface area contributed by atoms with Crippen LogP contribution in [0.2, 0.25) is 0 Å². The fourth-order valence-corrected chi connectivity index (χ4v) is 4.00. The Labute approximate surface area is 186 Å². The number of amides is 2. The Morgan fingerprint density at radius 3 is 2.28 bits per heavy atom. The van der Waals surface area contributed by atoms with Gasteiger partial charge in [0.15, 0.2) is 0 Å². The third-order valence-corrected chi connectivity index (χ3v) is 6.33. The van der Waals surface area contributed by atoms with E-state index < -0.39 is 10.0 Å². The monoisotopic (exact) mass is 450 g/mol. The lowest BCUT2D eigenvalue weighted by atomic mass is 10.1. The van der Waals surface area contributed by atoms with Gasteiger partial charge in [0.1, 0.15) is 5.82 Å². The van der Waals surface area contributed by atoms with Gasteiger partial charge < -0.3 is 10.6 Å². The molecule has 0 bridgehead atoms. The molecule has 0 spiro atoms. The molecule has 8 nitrogen and oxygen atoms in total. The van der Waals surface area contributed by atoms with Gasteiger partial charge in [-0.2, -0.15) is 0 Å². The van der Waals surface area contributed by atoms with Crippen molar-refractivity contribution in [2.45, 2.75) is 24.3 Å². The van der Waals surface area contributed by atoms with Crippen molar-refractivity contribution in [2.75, 3.05) is 10.0 Å². The molecule has 1 aliphatic carbocycles. The molecule has 1 heterocycles. The molecular formula is C23H22N4O4S. The summed E-state index contributed by atoms with van der Waals surface area (Å²) in [6, 6.07) is 17.7. The summed E-state index contributed by atoms with van der Waals surface area (Å²) in [5.41, 5.74) is 1.83. The quantitative estimate of drug-likeness (QED) is 0.487. The van der Waals surface area contributed by atoms with Crippen LogP contribution in [0, 0.1) is 5.92 Å². The van der Waals surface area contributed by atoms with E-state index in [-0.39, 0.29) is 28.4 Å². The minimum absolute atomic E-state index is 0.0544. The maximum atomic E-state index is 12.5. The smallest absolute Gasteiger partial charge is 0.263 e. The number of aromatic nitrogens is 1. The highest BCUT2D eigenvalue weighted by Gasteiger charge is 2.29. The average molecular weight is 451 g/mol. The van der Waals surface area contributed by atoms with Crippen LogP contribution in [0.15, 0.2) is 77.8 Å². The van der Waals surface area contributed by atoms with Crippen LogP contribution in [-0.2, 0) is 21.4 Å². The number of pyridine rings is 1. The van der Waals surface area contributed by atoms with Crippen LogP contribution < -0.4 is 15.4 Å². The summed E-state index contributed by atoms with van der Waals surface area (Å²) >= 11 is 0. The number of nitrogens with one attached hydrogen (secondary N) is 3. The number of hydrogen-bond acceptors (Lipinski definition) is 5. The predicted octanol–water partition coefficient (Wildman–Crippen LogP) is 3.16. The highest BCUT2D eigenvalue weighted by Crippen LogP contribution is 2.28. The summed E-state index contributed by atoms with van der Waals surface area (Å²) in [7, 11) is -3.78. The van der Waals surface area contributed by atoms with Crippen molar-refractivity contribution in [1.29, 1.82) is 0 Å². The van der Waals surface area contributed by atoms with Crippen molar-refractivity contribution in [1.82, 2.24) is 10.3 Å². The second kappa shape index (κ2) is 9.19. The van der Waals surface area contributed by atoms with E-state index in [4.69, 9.17) is 0 Å². The number of hydrogen-bond donors (Lipinski definition) is 3. The Balaban J connectivity index is 1.34. The van der Waals surface area contributed by atoms with Crippen LogP contribution in [0.3, 0.4) is 0 Å². The van der Waals surface area contributed by atoms with Crippen LogP contribution >= 0.6 is 0 Å². The van der Waals surface area contributed by atoms with Crippen molar-refractivity contribution < 1.29 is 18.0 Å². The van der Waals surface area contributed by atoms with E-state index in [2.05, 4.69) is 20.3 Å². The highest BCUT2D eigenvalue weighted by molar-refractivity contribution is 7.92. The van der Waals surface area contributed by atoms with Gasteiger partial charge in [-0.3, -0.25) is 14.3 Å². The molecule has 3 aromatic rings. The lowest BCUT2D eigenvalue weighted by Crippen LogP contribution is -2.24.